The number of nitrogens with zero attached hydrogens (tertiary/aromatic N) is 2. The normalized spacial score (nSPS) is 11.3. The summed E-state index contributed by atoms with van der Waals surface area (Å²) < 4.78 is 2.32. The lowest BCUT2D eigenvalue weighted by molar-refractivity contribution is 1.18. The molecule has 0 spiro atoms. The van der Waals surface area contributed by atoms with Crippen LogP contribution in [-0.4, -0.2) is 4.57 Å². The number of hydrogen-bond acceptors (Lipinski definition) is 1. The van der Waals surface area contributed by atoms with Gasteiger partial charge in [0.1, 0.15) is 0 Å². The number of benzene rings is 4. The average molecular weight is 346 g/mol. The first kappa shape index (κ1) is 15.7. The van der Waals surface area contributed by atoms with Crippen molar-refractivity contribution in [3.8, 4) is 11.8 Å². The van der Waals surface area contributed by atoms with Crippen LogP contribution < -0.4 is 0 Å². The highest BCUT2D eigenvalue weighted by Crippen LogP contribution is 2.34. The van der Waals surface area contributed by atoms with Crippen molar-refractivity contribution in [2.75, 3.05) is 0 Å². The first-order valence-corrected chi connectivity index (χ1v) is 9.10. The van der Waals surface area contributed by atoms with Crippen molar-refractivity contribution in [1.82, 2.24) is 4.57 Å². The van der Waals surface area contributed by atoms with E-state index in [0.717, 1.165) is 16.5 Å². The van der Waals surface area contributed by atoms with Gasteiger partial charge in [0, 0.05) is 16.5 Å². The van der Waals surface area contributed by atoms with E-state index < -0.39 is 0 Å². The second-order valence-corrected chi connectivity index (χ2v) is 7.20. The number of rotatable bonds is 1. The van der Waals surface area contributed by atoms with E-state index in [1.54, 1.807) is 0 Å². The molecular formula is C25H18N2. The topological polar surface area (TPSA) is 28.7 Å². The van der Waals surface area contributed by atoms with Crippen LogP contribution in [0.3, 0.4) is 0 Å². The highest BCUT2D eigenvalue weighted by atomic mass is 15.0. The Hall–Kier alpha value is -3.57. The van der Waals surface area contributed by atoms with E-state index in [9.17, 15) is 5.26 Å². The molecule has 0 atom stereocenters. The van der Waals surface area contributed by atoms with Gasteiger partial charge >= 0.3 is 0 Å². The van der Waals surface area contributed by atoms with E-state index in [0.29, 0.717) is 5.56 Å². The molecule has 1 aromatic heterocycles. The van der Waals surface area contributed by atoms with E-state index in [1.165, 1.54) is 32.9 Å². The van der Waals surface area contributed by atoms with Gasteiger partial charge in [-0.05, 0) is 67.1 Å². The number of aromatic nitrogens is 1. The van der Waals surface area contributed by atoms with Crippen molar-refractivity contribution in [3.05, 3.63) is 89.5 Å². The molecule has 0 saturated heterocycles. The Morgan fingerprint density at radius 2 is 1.37 bits per heavy atom. The molecule has 1 heterocycles. The molecule has 5 rings (SSSR count). The smallest absolute Gasteiger partial charge is 0.0998 e. The fourth-order valence-corrected chi connectivity index (χ4v) is 4.04. The number of fused-ring (bicyclic) bond motifs is 4. The third-order valence-corrected chi connectivity index (χ3v) is 5.32. The zero-order chi connectivity index (χ0) is 18.5. The molecule has 2 nitrogen and oxygen atoms in total. The highest BCUT2D eigenvalue weighted by Gasteiger charge is 2.13. The Morgan fingerprint density at radius 3 is 2.00 bits per heavy atom. The molecular weight excluding hydrogens is 328 g/mol. The van der Waals surface area contributed by atoms with Crippen LogP contribution in [0, 0.1) is 25.2 Å². The third-order valence-electron chi connectivity index (χ3n) is 5.32. The first-order chi connectivity index (χ1) is 13.2. The van der Waals surface area contributed by atoms with E-state index in [4.69, 9.17) is 0 Å². The molecule has 0 unspecified atom stereocenters. The molecule has 0 saturated carbocycles. The lowest BCUT2D eigenvalue weighted by atomic mass is 10.0. The van der Waals surface area contributed by atoms with Gasteiger partial charge < -0.3 is 4.57 Å². The van der Waals surface area contributed by atoms with Gasteiger partial charge in [0.05, 0.1) is 22.7 Å². The van der Waals surface area contributed by atoms with Crippen molar-refractivity contribution in [2.45, 2.75) is 13.8 Å². The Balaban J connectivity index is 1.89. The third kappa shape index (κ3) is 2.33. The van der Waals surface area contributed by atoms with E-state index in [-0.39, 0.29) is 0 Å². The van der Waals surface area contributed by atoms with Crippen LogP contribution in [0.25, 0.3) is 38.3 Å². The van der Waals surface area contributed by atoms with Gasteiger partial charge in [-0.25, -0.2) is 0 Å². The predicted molar refractivity (Wildman–Crippen MR) is 112 cm³/mol. The molecule has 0 aliphatic rings. The van der Waals surface area contributed by atoms with Gasteiger partial charge in [0.25, 0.3) is 0 Å². The van der Waals surface area contributed by atoms with Crippen LogP contribution in [0.2, 0.25) is 0 Å². The zero-order valence-corrected chi connectivity index (χ0v) is 15.3. The van der Waals surface area contributed by atoms with E-state index in [1.807, 2.05) is 12.1 Å². The summed E-state index contributed by atoms with van der Waals surface area (Å²) in [5, 5.41) is 14.0. The van der Waals surface area contributed by atoms with E-state index in [2.05, 4.69) is 85.1 Å². The van der Waals surface area contributed by atoms with Crippen LogP contribution >= 0.6 is 0 Å². The van der Waals surface area contributed by atoms with Crippen molar-refractivity contribution in [2.24, 2.45) is 0 Å². The molecule has 27 heavy (non-hydrogen) atoms. The summed E-state index contributed by atoms with van der Waals surface area (Å²) in [5.41, 5.74) is 6.77. The summed E-state index contributed by atoms with van der Waals surface area (Å²) in [5.74, 6) is 0. The fraction of sp³-hybridized carbons (Fsp3) is 0.0800. The second-order valence-electron chi connectivity index (χ2n) is 7.20. The molecule has 0 aliphatic carbocycles. The predicted octanol–water partition coefficient (Wildman–Crippen LogP) is 6.43. The van der Waals surface area contributed by atoms with Gasteiger partial charge in [-0.2, -0.15) is 5.26 Å². The minimum atomic E-state index is 0.715. The maximum atomic E-state index is 9.37. The maximum absolute atomic E-state index is 9.37. The lowest BCUT2D eigenvalue weighted by Gasteiger charge is -2.10. The van der Waals surface area contributed by atoms with Gasteiger partial charge in [-0.3, -0.25) is 0 Å². The van der Waals surface area contributed by atoms with Crippen molar-refractivity contribution in [3.63, 3.8) is 0 Å². The Bertz CT molecular complexity index is 1340. The van der Waals surface area contributed by atoms with Gasteiger partial charge in [-0.15, -0.1) is 0 Å². The summed E-state index contributed by atoms with van der Waals surface area (Å²) in [6, 6.07) is 27.8. The van der Waals surface area contributed by atoms with Crippen LogP contribution in [0.5, 0.6) is 0 Å². The Kier molecular flexibility index (Phi) is 3.32. The largest absolute Gasteiger partial charge is 0.309 e. The quantitative estimate of drug-likeness (QED) is 0.344. The standard InChI is InChI=1S/C25H18N2/c1-16-6-10-24-22(12-16)23-13-17(2)7-11-25(23)27(24)20-8-9-21-18(14-20)4-3-5-19(21)15-26/h3-14H,1-2H3. The van der Waals surface area contributed by atoms with Crippen molar-refractivity contribution < 1.29 is 0 Å². The van der Waals surface area contributed by atoms with Crippen LogP contribution in [0.1, 0.15) is 16.7 Å². The summed E-state index contributed by atoms with van der Waals surface area (Å²) in [6.45, 7) is 4.27. The minimum absolute atomic E-state index is 0.715. The summed E-state index contributed by atoms with van der Waals surface area (Å²) in [7, 11) is 0. The molecule has 0 fully saturated rings. The van der Waals surface area contributed by atoms with Crippen molar-refractivity contribution >= 4 is 32.6 Å². The Morgan fingerprint density at radius 1 is 0.704 bits per heavy atom. The number of nitriles is 1. The van der Waals surface area contributed by atoms with Crippen LogP contribution in [-0.2, 0) is 0 Å². The molecule has 0 N–H and O–H groups in total. The van der Waals surface area contributed by atoms with Crippen molar-refractivity contribution in [1.29, 1.82) is 5.26 Å². The molecule has 0 bridgehead atoms. The minimum Gasteiger partial charge on any atom is -0.309 e. The van der Waals surface area contributed by atoms with E-state index >= 15 is 0 Å². The summed E-state index contributed by atoms with van der Waals surface area (Å²) in [6.07, 6.45) is 0. The molecule has 5 aromatic rings. The monoisotopic (exact) mass is 346 g/mol. The average Bonchev–Trinajstić information content (AvgIpc) is 3.00. The zero-order valence-electron chi connectivity index (χ0n) is 15.3. The molecule has 0 aliphatic heterocycles. The van der Waals surface area contributed by atoms with Gasteiger partial charge in [0.2, 0.25) is 0 Å². The highest BCUT2D eigenvalue weighted by molar-refractivity contribution is 6.10. The van der Waals surface area contributed by atoms with Crippen LogP contribution in [0.4, 0.5) is 0 Å². The number of hydrogen-bond donors (Lipinski definition) is 0. The molecule has 0 radical (unpaired) electrons. The summed E-state index contributed by atoms with van der Waals surface area (Å²) >= 11 is 0. The van der Waals surface area contributed by atoms with Gasteiger partial charge in [-0.1, -0.05) is 41.5 Å². The number of aryl methyl sites for hydroxylation is 2. The molecule has 0 amide bonds. The fourth-order valence-electron chi connectivity index (χ4n) is 4.04. The maximum Gasteiger partial charge on any atom is 0.0998 e. The first-order valence-electron chi connectivity index (χ1n) is 9.10. The lowest BCUT2D eigenvalue weighted by Crippen LogP contribution is -1.94. The van der Waals surface area contributed by atoms with Gasteiger partial charge in [0.15, 0.2) is 0 Å². The van der Waals surface area contributed by atoms with Crippen LogP contribution in [0.15, 0.2) is 72.8 Å². The summed E-state index contributed by atoms with van der Waals surface area (Å²) in [4.78, 5) is 0. The Labute approximate surface area is 157 Å². The molecule has 128 valence electrons. The molecule has 2 heteroatoms. The second kappa shape index (κ2) is 5.72. The SMILES string of the molecule is Cc1ccc2c(c1)c1cc(C)ccc1n2-c1ccc2c(C#N)cccc2c1. The molecule has 4 aromatic carbocycles.